The molecule has 47 heavy (non-hydrogen) atoms. The van der Waals surface area contributed by atoms with Crippen molar-refractivity contribution in [3.63, 3.8) is 0 Å². The molecule has 1 saturated carbocycles. The fourth-order valence-electron chi connectivity index (χ4n) is 6.04. The first-order chi connectivity index (χ1) is 22.4. The maximum atomic E-state index is 12.4. The Morgan fingerprint density at radius 2 is 1.66 bits per heavy atom. The standard InChI is InChI=1S/C25H31ClN2O4.C7H7Cl.C6H15N/c26-19-7-8-20-21(30)16-23(32-22(20)15-19)24(31)27-11-4-12-28-13-9-25(17-29,10-14-28)18-5-2-1-3-6-18;1-6-2-4-7(8)5-3-6;1-5-6(2,3)7-4/h7-8,15-18H,1-6,9-14H2,(H,27,31);2-5H,1H3;7H,5H2,1-4H3. The van der Waals surface area contributed by atoms with E-state index in [9.17, 15) is 14.4 Å². The van der Waals surface area contributed by atoms with Crippen molar-refractivity contribution < 1.29 is 14.0 Å². The summed E-state index contributed by atoms with van der Waals surface area (Å²) in [6, 6.07) is 13.7. The van der Waals surface area contributed by atoms with Gasteiger partial charge in [-0.1, -0.05) is 67.1 Å². The minimum absolute atomic E-state index is 0.00834. The van der Waals surface area contributed by atoms with Gasteiger partial charge in [-0.3, -0.25) is 9.59 Å². The molecule has 7 nitrogen and oxygen atoms in total. The van der Waals surface area contributed by atoms with E-state index in [4.69, 9.17) is 27.6 Å². The lowest BCUT2D eigenvalue weighted by Crippen LogP contribution is -2.46. The number of likely N-dealkylation sites (tertiary alicyclic amines) is 1. The molecule has 3 aromatic rings. The molecule has 0 unspecified atom stereocenters. The third-order valence-corrected chi connectivity index (χ3v) is 10.4. The van der Waals surface area contributed by atoms with Gasteiger partial charge in [-0.2, -0.15) is 0 Å². The highest BCUT2D eigenvalue weighted by atomic mass is 35.5. The van der Waals surface area contributed by atoms with Gasteiger partial charge in [-0.25, -0.2) is 0 Å². The second-order valence-electron chi connectivity index (χ2n) is 13.5. The summed E-state index contributed by atoms with van der Waals surface area (Å²) in [5.41, 5.74) is 1.49. The summed E-state index contributed by atoms with van der Waals surface area (Å²) < 4.78 is 5.59. The minimum Gasteiger partial charge on any atom is -0.451 e. The lowest BCUT2D eigenvalue weighted by molar-refractivity contribution is -0.123. The minimum atomic E-state index is -0.403. The number of benzene rings is 2. The van der Waals surface area contributed by atoms with Crippen molar-refractivity contribution >= 4 is 46.4 Å². The van der Waals surface area contributed by atoms with E-state index in [-0.39, 0.29) is 16.6 Å². The van der Waals surface area contributed by atoms with Crippen LogP contribution >= 0.6 is 23.2 Å². The maximum Gasteiger partial charge on any atom is 0.287 e. The Balaban J connectivity index is 0.000000329. The quantitative estimate of drug-likeness (QED) is 0.173. The summed E-state index contributed by atoms with van der Waals surface area (Å²) >= 11 is 11.6. The zero-order chi connectivity index (χ0) is 34.5. The molecule has 2 heterocycles. The van der Waals surface area contributed by atoms with Gasteiger partial charge in [-0.15, -0.1) is 0 Å². The fraction of sp³-hybridized carbons (Fsp3) is 0.553. The van der Waals surface area contributed by atoms with E-state index in [1.54, 1.807) is 12.1 Å². The first kappa shape index (κ1) is 38.7. The Morgan fingerprint density at radius 1 is 1.02 bits per heavy atom. The zero-order valence-corrected chi connectivity index (χ0v) is 30.3. The van der Waals surface area contributed by atoms with E-state index in [0.29, 0.717) is 34.0 Å². The predicted octanol–water partition coefficient (Wildman–Crippen LogP) is 8.47. The largest absolute Gasteiger partial charge is 0.451 e. The molecular weight excluding hydrogens is 633 g/mol. The molecule has 2 fully saturated rings. The number of aldehydes is 1. The van der Waals surface area contributed by atoms with Gasteiger partial charge >= 0.3 is 0 Å². The lowest BCUT2D eigenvalue weighted by Gasteiger charge is -2.44. The SMILES string of the molecule is CCC(C)(C)NC.Cc1ccc(Cl)cc1.O=CC1(C2CCCCC2)CCN(CCCNC(=O)c2cc(=O)c3ccc(Cl)cc3o2)CC1. The molecule has 9 heteroatoms. The third kappa shape index (κ3) is 12.0. The fourth-order valence-corrected chi connectivity index (χ4v) is 6.32. The average molecular weight is 687 g/mol. The van der Waals surface area contributed by atoms with E-state index >= 15 is 0 Å². The van der Waals surface area contributed by atoms with Crippen LogP contribution in [0.2, 0.25) is 10.0 Å². The van der Waals surface area contributed by atoms with E-state index in [0.717, 1.165) is 43.9 Å². The monoisotopic (exact) mass is 685 g/mol. The van der Waals surface area contributed by atoms with Crippen LogP contribution in [0.25, 0.3) is 11.0 Å². The van der Waals surface area contributed by atoms with Crippen LogP contribution in [-0.2, 0) is 4.79 Å². The molecule has 2 N–H and O–H groups in total. The van der Waals surface area contributed by atoms with Crippen molar-refractivity contribution in [1.82, 2.24) is 15.5 Å². The number of nitrogens with one attached hydrogen (secondary N) is 2. The summed E-state index contributed by atoms with van der Waals surface area (Å²) in [6.45, 7) is 11.8. The number of hydrogen-bond acceptors (Lipinski definition) is 6. The van der Waals surface area contributed by atoms with Crippen molar-refractivity contribution in [2.45, 2.75) is 91.0 Å². The number of carbonyl (C=O) groups is 2. The molecule has 5 rings (SSSR count). The molecule has 1 aliphatic carbocycles. The number of hydrogen-bond donors (Lipinski definition) is 2. The van der Waals surface area contributed by atoms with Gasteiger partial charge in [0.05, 0.1) is 5.39 Å². The molecule has 0 atom stereocenters. The lowest BCUT2D eigenvalue weighted by atomic mass is 9.65. The number of nitrogens with zero attached hydrogens (tertiary/aromatic N) is 1. The van der Waals surface area contributed by atoms with Crippen LogP contribution in [0.15, 0.2) is 57.7 Å². The summed E-state index contributed by atoms with van der Waals surface area (Å²) in [7, 11) is 1.99. The van der Waals surface area contributed by atoms with Crippen LogP contribution in [-0.4, -0.2) is 55.9 Å². The van der Waals surface area contributed by atoms with Gasteiger partial charge in [0, 0.05) is 39.7 Å². The smallest absolute Gasteiger partial charge is 0.287 e. The van der Waals surface area contributed by atoms with E-state index in [2.05, 4.69) is 36.3 Å². The van der Waals surface area contributed by atoms with Gasteiger partial charge < -0.3 is 24.7 Å². The van der Waals surface area contributed by atoms with Crippen LogP contribution in [0.3, 0.4) is 0 Å². The maximum absolute atomic E-state index is 12.4. The Kier molecular flexibility index (Phi) is 15.4. The van der Waals surface area contributed by atoms with Gasteiger partial charge in [0.2, 0.25) is 0 Å². The van der Waals surface area contributed by atoms with Gasteiger partial charge in [0.15, 0.2) is 11.2 Å². The van der Waals surface area contributed by atoms with Crippen molar-refractivity contribution in [1.29, 1.82) is 0 Å². The topological polar surface area (TPSA) is 91.7 Å². The number of halogens is 2. The van der Waals surface area contributed by atoms with Gasteiger partial charge in [0.1, 0.15) is 11.9 Å². The van der Waals surface area contributed by atoms with Gasteiger partial charge in [0.25, 0.3) is 5.91 Å². The van der Waals surface area contributed by atoms with E-state index in [1.807, 2.05) is 38.2 Å². The molecule has 2 aromatic carbocycles. The van der Waals surface area contributed by atoms with E-state index < -0.39 is 5.91 Å². The number of rotatable bonds is 9. The first-order valence-electron chi connectivity index (χ1n) is 17.0. The Morgan fingerprint density at radius 3 is 2.21 bits per heavy atom. The number of carbonyl (C=O) groups excluding carboxylic acids is 2. The van der Waals surface area contributed by atoms with Crippen LogP contribution in [0.1, 0.15) is 94.7 Å². The molecule has 2 aliphatic rings. The van der Waals surface area contributed by atoms with Crippen molar-refractivity contribution in [2.24, 2.45) is 11.3 Å². The molecule has 1 aliphatic heterocycles. The van der Waals surface area contributed by atoms with E-state index in [1.165, 1.54) is 62.5 Å². The summed E-state index contributed by atoms with van der Waals surface area (Å²) in [5.74, 6) is 0.146. The molecule has 1 amide bonds. The van der Waals surface area contributed by atoms with Crippen LogP contribution in [0, 0.1) is 18.3 Å². The molecule has 1 aromatic heterocycles. The summed E-state index contributed by atoms with van der Waals surface area (Å²) in [6.07, 6.45) is 11.3. The molecule has 258 valence electrons. The number of fused-ring (bicyclic) bond motifs is 1. The third-order valence-electron chi connectivity index (χ3n) is 9.86. The Labute approximate surface area is 290 Å². The number of amides is 1. The highest BCUT2D eigenvalue weighted by Crippen LogP contribution is 2.44. The number of aryl methyl sites for hydroxylation is 1. The van der Waals surface area contributed by atoms with Crippen molar-refractivity contribution in [2.75, 3.05) is 33.2 Å². The zero-order valence-electron chi connectivity index (χ0n) is 28.8. The molecule has 1 saturated heterocycles. The van der Waals surface area contributed by atoms with Crippen LogP contribution in [0.4, 0.5) is 0 Å². The van der Waals surface area contributed by atoms with Crippen LogP contribution < -0.4 is 16.1 Å². The van der Waals surface area contributed by atoms with Crippen molar-refractivity contribution in [3.05, 3.63) is 80.1 Å². The second-order valence-corrected chi connectivity index (χ2v) is 14.4. The second kappa shape index (κ2) is 18.7. The number of piperidine rings is 1. The first-order valence-corrected chi connectivity index (χ1v) is 17.8. The molecule has 0 radical (unpaired) electrons. The van der Waals surface area contributed by atoms with Crippen LogP contribution in [0.5, 0.6) is 0 Å². The molecule has 0 spiro atoms. The highest BCUT2D eigenvalue weighted by molar-refractivity contribution is 6.31. The average Bonchev–Trinajstić information content (AvgIpc) is 3.09. The highest BCUT2D eigenvalue weighted by Gasteiger charge is 2.41. The van der Waals surface area contributed by atoms with Gasteiger partial charge in [-0.05, 0) is 116 Å². The normalized spacial score (nSPS) is 16.7. The summed E-state index contributed by atoms with van der Waals surface area (Å²) in [4.78, 5) is 39.0. The molecule has 0 bridgehead atoms. The predicted molar refractivity (Wildman–Crippen MR) is 195 cm³/mol. The van der Waals surface area contributed by atoms with Crippen molar-refractivity contribution in [3.8, 4) is 0 Å². The Bertz CT molecular complexity index is 1450. The Hall–Kier alpha value is -2.71. The molecular formula is C38H53Cl2N3O4. The summed E-state index contributed by atoms with van der Waals surface area (Å²) in [5, 5.41) is 7.67.